The Morgan fingerprint density at radius 1 is 1.29 bits per heavy atom. The molecule has 1 saturated carbocycles. The summed E-state index contributed by atoms with van der Waals surface area (Å²) < 4.78 is 26.4. The van der Waals surface area contributed by atoms with Crippen molar-refractivity contribution in [2.75, 3.05) is 13.6 Å². The van der Waals surface area contributed by atoms with Crippen molar-refractivity contribution in [3.8, 4) is 0 Å². The number of carbonyl (C=O) groups is 1. The van der Waals surface area contributed by atoms with E-state index < -0.39 is 27.2 Å². The molecule has 0 aromatic heterocycles. The first-order valence-electron chi connectivity index (χ1n) is 7.15. The second kappa shape index (κ2) is 6.58. The van der Waals surface area contributed by atoms with Crippen LogP contribution in [0.2, 0.25) is 0 Å². The Balaban J connectivity index is 2.03. The Morgan fingerprint density at radius 3 is 2.57 bits per heavy atom. The minimum Gasteiger partial charge on any atom is -0.481 e. The van der Waals surface area contributed by atoms with E-state index in [2.05, 4.69) is 0 Å². The molecule has 116 valence electrons. The molecule has 0 amide bonds. The van der Waals surface area contributed by atoms with E-state index in [0.717, 1.165) is 5.56 Å². The van der Waals surface area contributed by atoms with E-state index in [9.17, 15) is 13.2 Å². The molecule has 21 heavy (non-hydrogen) atoms. The third-order valence-electron chi connectivity index (χ3n) is 4.14. The van der Waals surface area contributed by atoms with Gasteiger partial charge in [0, 0.05) is 13.6 Å². The van der Waals surface area contributed by atoms with Crippen LogP contribution >= 0.6 is 0 Å². The topological polar surface area (TPSA) is 74.7 Å². The van der Waals surface area contributed by atoms with Gasteiger partial charge in [-0.1, -0.05) is 36.8 Å². The molecule has 0 radical (unpaired) electrons. The SMILES string of the molecule is CN(CCc1ccccc1)S(=O)(=O)C1CCCC1C(=O)O. The van der Waals surface area contributed by atoms with Crippen molar-refractivity contribution >= 4 is 16.0 Å². The molecule has 1 aromatic rings. The van der Waals surface area contributed by atoms with Gasteiger partial charge in [0.15, 0.2) is 0 Å². The van der Waals surface area contributed by atoms with Gasteiger partial charge in [0.05, 0.1) is 11.2 Å². The minimum absolute atomic E-state index is 0.370. The third kappa shape index (κ3) is 3.63. The molecule has 0 aliphatic heterocycles. The van der Waals surface area contributed by atoms with Gasteiger partial charge in [-0.05, 0) is 24.8 Å². The number of benzene rings is 1. The van der Waals surface area contributed by atoms with E-state index in [0.29, 0.717) is 32.2 Å². The van der Waals surface area contributed by atoms with Crippen molar-refractivity contribution in [3.63, 3.8) is 0 Å². The number of aliphatic carboxylic acids is 1. The van der Waals surface area contributed by atoms with E-state index in [-0.39, 0.29) is 0 Å². The number of carboxylic acid groups (broad SMARTS) is 1. The largest absolute Gasteiger partial charge is 0.481 e. The minimum atomic E-state index is -3.55. The highest BCUT2D eigenvalue weighted by atomic mass is 32.2. The summed E-state index contributed by atoms with van der Waals surface area (Å²) >= 11 is 0. The molecule has 0 heterocycles. The number of sulfonamides is 1. The fraction of sp³-hybridized carbons (Fsp3) is 0.533. The van der Waals surface area contributed by atoms with Crippen LogP contribution in [0.1, 0.15) is 24.8 Å². The van der Waals surface area contributed by atoms with Gasteiger partial charge in [-0.15, -0.1) is 0 Å². The van der Waals surface area contributed by atoms with Gasteiger partial charge >= 0.3 is 5.97 Å². The molecule has 1 N–H and O–H groups in total. The van der Waals surface area contributed by atoms with E-state index in [1.54, 1.807) is 0 Å². The first-order chi connectivity index (χ1) is 9.93. The maximum absolute atomic E-state index is 12.5. The summed E-state index contributed by atoms with van der Waals surface area (Å²) in [6, 6.07) is 9.66. The van der Waals surface area contributed by atoms with Crippen LogP contribution in [0.4, 0.5) is 0 Å². The lowest BCUT2D eigenvalue weighted by atomic mass is 10.1. The number of carboxylic acids is 1. The zero-order valence-corrected chi connectivity index (χ0v) is 12.9. The molecule has 2 unspecified atom stereocenters. The van der Waals surface area contributed by atoms with Crippen molar-refractivity contribution in [2.24, 2.45) is 5.92 Å². The van der Waals surface area contributed by atoms with Gasteiger partial charge in [-0.25, -0.2) is 12.7 Å². The average molecular weight is 311 g/mol. The first kappa shape index (κ1) is 16.0. The predicted molar refractivity (Wildman–Crippen MR) is 80.5 cm³/mol. The van der Waals surface area contributed by atoms with E-state index in [1.807, 2.05) is 30.3 Å². The van der Waals surface area contributed by atoms with Crippen LogP contribution in [-0.4, -0.2) is 42.6 Å². The van der Waals surface area contributed by atoms with Gasteiger partial charge < -0.3 is 5.11 Å². The van der Waals surface area contributed by atoms with Crippen LogP contribution in [0.15, 0.2) is 30.3 Å². The quantitative estimate of drug-likeness (QED) is 0.868. The molecule has 0 spiro atoms. The fourth-order valence-corrected chi connectivity index (χ4v) is 4.79. The summed E-state index contributed by atoms with van der Waals surface area (Å²) in [6.45, 7) is 0.370. The molecular formula is C15H21NO4S. The highest BCUT2D eigenvalue weighted by molar-refractivity contribution is 7.89. The van der Waals surface area contributed by atoms with Gasteiger partial charge in [-0.3, -0.25) is 4.79 Å². The maximum atomic E-state index is 12.5. The van der Waals surface area contributed by atoms with Crippen molar-refractivity contribution in [1.82, 2.24) is 4.31 Å². The Morgan fingerprint density at radius 2 is 1.95 bits per heavy atom. The van der Waals surface area contributed by atoms with Crippen molar-refractivity contribution in [3.05, 3.63) is 35.9 Å². The summed E-state index contributed by atoms with van der Waals surface area (Å²) in [5.74, 6) is -1.77. The average Bonchev–Trinajstić information content (AvgIpc) is 2.96. The lowest BCUT2D eigenvalue weighted by Crippen LogP contribution is -2.41. The monoisotopic (exact) mass is 311 g/mol. The number of nitrogens with zero attached hydrogens (tertiary/aromatic N) is 1. The van der Waals surface area contributed by atoms with E-state index in [1.165, 1.54) is 11.4 Å². The molecular weight excluding hydrogens is 290 g/mol. The van der Waals surface area contributed by atoms with Crippen LogP contribution in [0.5, 0.6) is 0 Å². The summed E-state index contributed by atoms with van der Waals surface area (Å²) in [7, 11) is -2.01. The number of rotatable bonds is 6. The molecule has 0 saturated heterocycles. The molecule has 6 heteroatoms. The van der Waals surface area contributed by atoms with Crippen LogP contribution in [0, 0.1) is 5.92 Å². The number of hydrogen-bond donors (Lipinski definition) is 1. The lowest BCUT2D eigenvalue weighted by Gasteiger charge is -2.24. The first-order valence-corrected chi connectivity index (χ1v) is 8.65. The summed E-state index contributed by atoms with van der Waals surface area (Å²) in [5.41, 5.74) is 1.07. The molecule has 5 nitrogen and oxygen atoms in total. The van der Waals surface area contributed by atoms with E-state index in [4.69, 9.17) is 5.11 Å². The third-order valence-corrected chi connectivity index (χ3v) is 6.53. The normalized spacial score (nSPS) is 22.6. The molecule has 2 atom stereocenters. The zero-order valence-electron chi connectivity index (χ0n) is 12.1. The van der Waals surface area contributed by atoms with Crippen LogP contribution in [-0.2, 0) is 21.2 Å². The van der Waals surface area contributed by atoms with Crippen LogP contribution in [0.25, 0.3) is 0 Å². The Hall–Kier alpha value is -1.40. The summed E-state index contributed by atoms with van der Waals surface area (Å²) in [5, 5.41) is 8.37. The Labute approximate surface area is 125 Å². The molecule has 0 bridgehead atoms. The van der Waals surface area contributed by atoms with Crippen LogP contribution in [0.3, 0.4) is 0 Å². The molecule has 1 fully saturated rings. The fourth-order valence-electron chi connectivity index (χ4n) is 2.85. The van der Waals surface area contributed by atoms with Gasteiger partial charge in [0.25, 0.3) is 0 Å². The van der Waals surface area contributed by atoms with Crippen molar-refractivity contribution in [1.29, 1.82) is 0 Å². The van der Waals surface area contributed by atoms with Crippen molar-refractivity contribution in [2.45, 2.75) is 30.9 Å². The van der Waals surface area contributed by atoms with Gasteiger partial charge in [0.1, 0.15) is 0 Å². The lowest BCUT2D eigenvalue weighted by molar-refractivity contribution is -0.141. The molecule has 1 aliphatic rings. The van der Waals surface area contributed by atoms with Crippen molar-refractivity contribution < 1.29 is 18.3 Å². The van der Waals surface area contributed by atoms with E-state index >= 15 is 0 Å². The predicted octanol–water partition coefficient (Wildman–Crippen LogP) is 1.74. The number of likely N-dealkylation sites (N-methyl/N-ethyl adjacent to an activating group) is 1. The van der Waals surface area contributed by atoms with Gasteiger partial charge in [0.2, 0.25) is 10.0 Å². The smallest absolute Gasteiger partial charge is 0.307 e. The maximum Gasteiger partial charge on any atom is 0.307 e. The summed E-state index contributed by atoms with van der Waals surface area (Å²) in [6.07, 6.45) is 2.18. The second-order valence-corrected chi connectivity index (χ2v) is 7.77. The Bertz CT molecular complexity index is 585. The van der Waals surface area contributed by atoms with Crippen LogP contribution < -0.4 is 0 Å². The zero-order chi connectivity index (χ0) is 15.5. The molecule has 1 aromatic carbocycles. The van der Waals surface area contributed by atoms with Gasteiger partial charge in [-0.2, -0.15) is 0 Å². The molecule has 1 aliphatic carbocycles. The molecule has 2 rings (SSSR count). The highest BCUT2D eigenvalue weighted by Gasteiger charge is 2.43. The number of hydrogen-bond acceptors (Lipinski definition) is 3. The highest BCUT2D eigenvalue weighted by Crippen LogP contribution is 2.32. The second-order valence-electron chi connectivity index (χ2n) is 5.52. The Kier molecular flexibility index (Phi) is 5.00. The summed E-state index contributed by atoms with van der Waals surface area (Å²) in [4.78, 5) is 11.2. The standard InChI is InChI=1S/C15H21NO4S/c1-16(11-10-12-6-3-2-4-7-12)21(19,20)14-9-5-8-13(14)15(17)18/h2-4,6-7,13-14H,5,8-11H2,1H3,(H,17,18).